The quantitative estimate of drug-likeness (QED) is 0.622. The fourth-order valence-electron chi connectivity index (χ4n) is 1.67. The molecule has 0 aromatic carbocycles. The van der Waals surface area contributed by atoms with Crippen molar-refractivity contribution < 1.29 is 8.78 Å². The van der Waals surface area contributed by atoms with Crippen LogP contribution in [0.1, 0.15) is 26.2 Å². The van der Waals surface area contributed by atoms with E-state index in [0.29, 0.717) is 0 Å². The molecule has 1 aliphatic heterocycles. The Morgan fingerprint density at radius 1 is 1.50 bits per heavy atom. The number of rotatable bonds is 3. The monoisotopic (exact) mass is 289 g/mol. The summed E-state index contributed by atoms with van der Waals surface area (Å²) >= 11 is 2.27. The molecule has 0 unspecified atom stereocenters. The van der Waals surface area contributed by atoms with E-state index >= 15 is 0 Å². The first kappa shape index (κ1) is 10.6. The standard InChI is InChI=1S/C8H14F2IN/c1-7(3-2-4-11)5-8(9,10)6-12-7/h12H,2-6H2,1H3/t7-/m1/s1. The number of hydrogen-bond acceptors (Lipinski definition) is 1. The van der Waals surface area contributed by atoms with Crippen molar-refractivity contribution in [3.05, 3.63) is 0 Å². The highest BCUT2D eigenvalue weighted by Crippen LogP contribution is 2.34. The number of hydrogen-bond donors (Lipinski definition) is 1. The van der Waals surface area contributed by atoms with Gasteiger partial charge in [-0.05, 0) is 24.2 Å². The molecule has 0 aromatic heterocycles. The predicted molar refractivity (Wildman–Crippen MR) is 54.1 cm³/mol. The molecule has 72 valence electrons. The fraction of sp³-hybridized carbons (Fsp3) is 1.00. The van der Waals surface area contributed by atoms with E-state index in [9.17, 15) is 8.78 Å². The summed E-state index contributed by atoms with van der Waals surface area (Å²) in [5.74, 6) is -2.49. The van der Waals surface area contributed by atoms with Crippen LogP contribution in [0.4, 0.5) is 8.78 Å². The maximum absolute atomic E-state index is 12.8. The first-order valence-electron chi connectivity index (χ1n) is 4.16. The Kier molecular flexibility index (Phi) is 3.31. The van der Waals surface area contributed by atoms with E-state index in [1.807, 2.05) is 6.92 Å². The van der Waals surface area contributed by atoms with Crippen LogP contribution >= 0.6 is 22.6 Å². The van der Waals surface area contributed by atoms with E-state index in [-0.39, 0.29) is 18.5 Å². The lowest BCUT2D eigenvalue weighted by molar-refractivity contribution is 0.0163. The maximum Gasteiger partial charge on any atom is 0.262 e. The molecule has 0 amide bonds. The highest BCUT2D eigenvalue weighted by molar-refractivity contribution is 14.1. The molecule has 1 fully saturated rings. The molecule has 4 heteroatoms. The Bertz CT molecular complexity index is 163. The highest BCUT2D eigenvalue weighted by atomic mass is 127. The summed E-state index contributed by atoms with van der Waals surface area (Å²) in [4.78, 5) is 0. The number of alkyl halides is 3. The van der Waals surface area contributed by atoms with Crippen molar-refractivity contribution in [3.8, 4) is 0 Å². The van der Waals surface area contributed by atoms with E-state index in [0.717, 1.165) is 17.3 Å². The Hall–Kier alpha value is 0.550. The van der Waals surface area contributed by atoms with Gasteiger partial charge in [-0.3, -0.25) is 0 Å². The van der Waals surface area contributed by atoms with Gasteiger partial charge in [0.25, 0.3) is 5.92 Å². The number of nitrogens with one attached hydrogen (secondary N) is 1. The Morgan fingerprint density at radius 3 is 2.58 bits per heavy atom. The Balaban J connectivity index is 2.41. The smallest absolute Gasteiger partial charge is 0.262 e. The topological polar surface area (TPSA) is 12.0 Å². The summed E-state index contributed by atoms with van der Waals surface area (Å²) in [6.45, 7) is 1.74. The average molecular weight is 289 g/mol. The molecule has 0 saturated carbocycles. The predicted octanol–water partition coefficient (Wildman–Crippen LogP) is 2.59. The molecule has 0 aliphatic carbocycles. The zero-order valence-corrected chi connectivity index (χ0v) is 9.33. The van der Waals surface area contributed by atoms with Crippen molar-refractivity contribution >= 4 is 22.6 Å². The van der Waals surface area contributed by atoms with Crippen LogP contribution in [0.15, 0.2) is 0 Å². The second-order valence-corrected chi connectivity index (χ2v) is 4.82. The van der Waals surface area contributed by atoms with E-state index in [1.165, 1.54) is 0 Å². The highest BCUT2D eigenvalue weighted by Gasteiger charge is 2.45. The van der Waals surface area contributed by atoms with Crippen LogP contribution in [-0.2, 0) is 0 Å². The third kappa shape index (κ3) is 2.80. The van der Waals surface area contributed by atoms with E-state index in [4.69, 9.17) is 0 Å². The van der Waals surface area contributed by atoms with Crippen LogP contribution in [-0.4, -0.2) is 22.4 Å². The van der Waals surface area contributed by atoms with Crippen molar-refractivity contribution in [2.24, 2.45) is 0 Å². The Labute approximate surface area is 85.4 Å². The molecule has 1 saturated heterocycles. The van der Waals surface area contributed by atoms with Gasteiger partial charge in [0.2, 0.25) is 0 Å². The lowest BCUT2D eigenvalue weighted by atomic mass is 9.94. The van der Waals surface area contributed by atoms with Gasteiger partial charge in [0.1, 0.15) is 0 Å². The van der Waals surface area contributed by atoms with E-state index < -0.39 is 5.92 Å². The molecule has 1 nitrogen and oxygen atoms in total. The van der Waals surface area contributed by atoms with Crippen LogP contribution in [0.25, 0.3) is 0 Å². The minimum absolute atomic E-state index is 0.00333. The average Bonchev–Trinajstić information content (AvgIpc) is 2.23. The van der Waals surface area contributed by atoms with Crippen molar-refractivity contribution in [1.82, 2.24) is 5.32 Å². The van der Waals surface area contributed by atoms with Crippen LogP contribution in [0.5, 0.6) is 0 Å². The maximum atomic E-state index is 12.8. The van der Waals surface area contributed by atoms with Gasteiger partial charge in [-0.1, -0.05) is 22.6 Å². The molecule has 12 heavy (non-hydrogen) atoms. The van der Waals surface area contributed by atoms with Gasteiger partial charge in [0.05, 0.1) is 6.54 Å². The van der Waals surface area contributed by atoms with Crippen molar-refractivity contribution in [2.75, 3.05) is 11.0 Å². The zero-order chi connectivity index (χ0) is 9.24. The zero-order valence-electron chi connectivity index (χ0n) is 7.17. The minimum atomic E-state index is -2.49. The normalized spacial score (nSPS) is 34.0. The molecule has 1 heterocycles. The fourth-order valence-corrected chi connectivity index (χ4v) is 2.05. The Morgan fingerprint density at radius 2 is 2.17 bits per heavy atom. The van der Waals surface area contributed by atoms with E-state index in [2.05, 4.69) is 27.9 Å². The van der Waals surface area contributed by atoms with Gasteiger partial charge < -0.3 is 5.32 Å². The van der Waals surface area contributed by atoms with Crippen LogP contribution in [0.3, 0.4) is 0 Å². The van der Waals surface area contributed by atoms with Gasteiger partial charge in [-0.15, -0.1) is 0 Å². The van der Waals surface area contributed by atoms with Gasteiger partial charge in [-0.2, -0.15) is 0 Å². The summed E-state index contributed by atoms with van der Waals surface area (Å²) in [6, 6.07) is 0. The third-order valence-electron chi connectivity index (χ3n) is 2.28. The minimum Gasteiger partial charge on any atom is -0.306 e. The van der Waals surface area contributed by atoms with Gasteiger partial charge >= 0.3 is 0 Å². The largest absolute Gasteiger partial charge is 0.306 e. The van der Waals surface area contributed by atoms with Gasteiger partial charge in [0.15, 0.2) is 0 Å². The summed E-state index contributed by atoms with van der Waals surface area (Å²) in [5.41, 5.74) is -0.325. The lowest BCUT2D eigenvalue weighted by Gasteiger charge is -2.23. The van der Waals surface area contributed by atoms with Gasteiger partial charge in [0, 0.05) is 12.0 Å². The second-order valence-electron chi connectivity index (χ2n) is 3.74. The third-order valence-corrected chi connectivity index (χ3v) is 3.05. The lowest BCUT2D eigenvalue weighted by Crippen LogP contribution is -2.35. The molecule has 1 atom stereocenters. The SMILES string of the molecule is C[C@@]1(CCCI)CC(F)(F)CN1. The molecule has 0 radical (unpaired) electrons. The molecular weight excluding hydrogens is 275 g/mol. The van der Waals surface area contributed by atoms with Crippen LogP contribution in [0.2, 0.25) is 0 Å². The van der Waals surface area contributed by atoms with Crippen molar-refractivity contribution in [1.29, 1.82) is 0 Å². The summed E-state index contributed by atoms with van der Waals surface area (Å²) in [5, 5.41) is 2.90. The van der Waals surface area contributed by atoms with Crippen molar-refractivity contribution in [2.45, 2.75) is 37.6 Å². The first-order valence-corrected chi connectivity index (χ1v) is 5.69. The van der Waals surface area contributed by atoms with E-state index in [1.54, 1.807) is 0 Å². The molecule has 1 rings (SSSR count). The molecule has 1 N–H and O–H groups in total. The second kappa shape index (κ2) is 3.74. The van der Waals surface area contributed by atoms with Crippen molar-refractivity contribution in [3.63, 3.8) is 0 Å². The summed E-state index contributed by atoms with van der Waals surface area (Å²) in [6.07, 6.45) is 1.86. The molecule has 0 aromatic rings. The van der Waals surface area contributed by atoms with Gasteiger partial charge in [-0.25, -0.2) is 8.78 Å². The summed E-state index contributed by atoms with van der Waals surface area (Å²) in [7, 11) is 0. The molecule has 0 bridgehead atoms. The summed E-state index contributed by atoms with van der Waals surface area (Å²) < 4.78 is 26.6. The molecule has 0 spiro atoms. The molecule has 1 aliphatic rings. The van der Waals surface area contributed by atoms with Crippen LogP contribution < -0.4 is 5.32 Å². The molecular formula is C8H14F2IN. The first-order chi connectivity index (χ1) is 5.47. The van der Waals surface area contributed by atoms with Crippen LogP contribution in [0, 0.1) is 0 Å². The number of halogens is 3.